The SMILES string of the molecule is CC1CN(c2cc(F)cc(CO)c2)CC(C)N1C. The lowest BCUT2D eigenvalue weighted by atomic mass is 10.1. The van der Waals surface area contributed by atoms with Crippen molar-refractivity contribution in [1.29, 1.82) is 0 Å². The third-order valence-corrected chi connectivity index (χ3v) is 3.85. The summed E-state index contributed by atoms with van der Waals surface area (Å²) in [6, 6.07) is 5.67. The van der Waals surface area contributed by atoms with Crippen LogP contribution in [0.15, 0.2) is 18.2 Å². The van der Waals surface area contributed by atoms with E-state index in [4.69, 9.17) is 5.11 Å². The topological polar surface area (TPSA) is 26.7 Å². The molecule has 1 heterocycles. The maximum absolute atomic E-state index is 13.5. The Kier molecular flexibility index (Phi) is 3.88. The van der Waals surface area contributed by atoms with Gasteiger partial charge in [0.15, 0.2) is 0 Å². The lowest BCUT2D eigenvalue weighted by molar-refractivity contribution is 0.170. The van der Waals surface area contributed by atoms with Gasteiger partial charge in [-0.25, -0.2) is 4.39 Å². The average molecular weight is 252 g/mol. The Hall–Kier alpha value is -1.13. The number of likely N-dealkylation sites (N-methyl/N-ethyl adjacent to an activating group) is 1. The Morgan fingerprint density at radius 1 is 1.22 bits per heavy atom. The van der Waals surface area contributed by atoms with Gasteiger partial charge in [0.25, 0.3) is 0 Å². The van der Waals surface area contributed by atoms with Crippen LogP contribution in [0.4, 0.5) is 10.1 Å². The lowest BCUT2D eigenvalue weighted by Crippen LogP contribution is -2.55. The standard InChI is InChI=1S/C14H21FN2O/c1-10-7-17(8-11(2)16(10)3)14-5-12(9-18)4-13(15)6-14/h4-6,10-11,18H,7-9H2,1-3H3. The second-order valence-corrected chi connectivity index (χ2v) is 5.24. The van der Waals surface area contributed by atoms with Gasteiger partial charge in [-0.05, 0) is 44.7 Å². The number of aliphatic hydroxyl groups is 1. The number of piperazine rings is 1. The van der Waals surface area contributed by atoms with Crippen molar-refractivity contribution < 1.29 is 9.50 Å². The largest absolute Gasteiger partial charge is 0.392 e. The minimum absolute atomic E-state index is 0.121. The second-order valence-electron chi connectivity index (χ2n) is 5.24. The summed E-state index contributed by atoms with van der Waals surface area (Å²) in [5.41, 5.74) is 1.50. The van der Waals surface area contributed by atoms with Crippen LogP contribution in [0.5, 0.6) is 0 Å². The van der Waals surface area contributed by atoms with Gasteiger partial charge in [0.2, 0.25) is 0 Å². The van der Waals surface area contributed by atoms with E-state index in [9.17, 15) is 4.39 Å². The van der Waals surface area contributed by atoms with Crippen LogP contribution in [0.1, 0.15) is 19.4 Å². The van der Waals surface area contributed by atoms with Crippen molar-refractivity contribution in [3.63, 3.8) is 0 Å². The summed E-state index contributed by atoms with van der Waals surface area (Å²) in [4.78, 5) is 4.53. The van der Waals surface area contributed by atoms with Crippen LogP contribution < -0.4 is 4.90 Å². The van der Waals surface area contributed by atoms with Crippen molar-refractivity contribution in [2.45, 2.75) is 32.5 Å². The van der Waals surface area contributed by atoms with Gasteiger partial charge in [-0.15, -0.1) is 0 Å². The van der Waals surface area contributed by atoms with Gasteiger partial charge in [-0.3, -0.25) is 4.90 Å². The molecule has 0 spiro atoms. The predicted octanol–water partition coefficient (Wildman–Crippen LogP) is 1.85. The monoisotopic (exact) mass is 252 g/mol. The van der Waals surface area contributed by atoms with Crippen molar-refractivity contribution in [3.05, 3.63) is 29.6 Å². The first-order valence-electron chi connectivity index (χ1n) is 6.38. The van der Waals surface area contributed by atoms with E-state index in [1.807, 2.05) is 6.07 Å². The number of rotatable bonds is 2. The highest BCUT2D eigenvalue weighted by molar-refractivity contribution is 5.50. The number of benzene rings is 1. The first-order valence-corrected chi connectivity index (χ1v) is 6.38. The lowest BCUT2D eigenvalue weighted by Gasteiger charge is -2.43. The number of hydrogen-bond donors (Lipinski definition) is 1. The van der Waals surface area contributed by atoms with E-state index in [-0.39, 0.29) is 12.4 Å². The third-order valence-electron chi connectivity index (χ3n) is 3.85. The Bertz CT molecular complexity index is 412. The van der Waals surface area contributed by atoms with Crippen molar-refractivity contribution in [2.75, 3.05) is 25.0 Å². The van der Waals surface area contributed by atoms with Gasteiger partial charge in [0.05, 0.1) is 6.61 Å². The molecule has 0 aliphatic carbocycles. The van der Waals surface area contributed by atoms with E-state index in [0.717, 1.165) is 18.8 Å². The first kappa shape index (κ1) is 13.3. The van der Waals surface area contributed by atoms with Crippen LogP contribution in [0.3, 0.4) is 0 Å². The molecule has 0 radical (unpaired) electrons. The smallest absolute Gasteiger partial charge is 0.125 e. The molecule has 18 heavy (non-hydrogen) atoms. The quantitative estimate of drug-likeness (QED) is 0.870. The molecular formula is C14H21FN2O. The fourth-order valence-electron chi connectivity index (χ4n) is 2.52. The van der Waals surface area contributed by atoms with Gasteiger partial charge < -0.3 is 10.0 Å². The summed E-state index contributed by atoms with van der Waals surface area (Å²) in [7, 11) is 2.12. The number of anilines is 1. The van der Waals surface area contributed by atoms with Crippen LogP contribution in [0.25, 0.3) is 0 Å². The van der Waals surface area contributed by atoms with Crippen molar-refractivity contribution in [1.82, 2.24) is 4.90 Å². The zero-order valence-corrected chi connectivity index (χ0v) is 11.2. The minimum Gasteiger partial charge on any atom is -0.392 e. The van der Waals surface area contributed by atoms with Crippen molar-refractivity contribution >= 4 is 5.69 Å². The Balaban J connectivity index is 2.23. The molecule has 1 saturated heterocycles. The molecule has 4 heteroatoms. The molecule has 0 aromatic heterocycles. The van der Waals surface area contributed by atoms with Crippen LogP contribution in [0, 0.1) is 5.82 Å². The molecule has 1 fully saturated rings. The average Bonchev–Trinajstić information content (AvgIpc) is 2.34. The van der Waals surface area contributed by atoms with Gasteiger partial charge >= 0.3 is 0 Å². The highest BCUT2D eigenvalue weighted by atomic mass is 19.1. The summed E-state index contributed by atoms with van der Waals surface area (Å²) in [5.74, 6) is -0.282. The maximum Gasteiger partial charge on any atom is 0.125 e. The van der Waals surface area contributed by atoms with Gasteiger partial charge in [0, 0.05) is 30.9 Å². The molecule has 1 N–H and O–H groups in total. The second kappa shape index (κ2) is 5.24. The number of hydrogen-bond acceptors (Lipinski definition) is 3. The molecule has 0 bridgehead atoms. The van der Waals surface area contributed by atoms with Gasteiger partial charge in [0.1, 0.15) is 5.82 Å². The minimum atomic E-state index is -0.282. The number of nitrogens with zero attached hydrogens (tertiary/aromatic N) is 2. The Labute approximate surface area is 108 Å². The fourth-order valence-corrected chi connectivity index (χ4v) is 2.52. The fraction of sp³-hybridized carbons (Fsp3) is 0.571. The van der Waals surface area contributed by atoms with Crippen LogP contribution in [-0.4, -0.2) is 42.2 Å². The molecular weight excluding hydrogens is 231 g/mol. The third kappa shape index (κ3) is 2.65. The number of aliphatic hydroxyl groups excluding tert-OH is 1. The summed E-state index contributed by atoms with van der Waals surface area (Å²) in [6.45, 7) is 6.00. The van der Waals surface area contributed by atoms with Crippen LogP contribution in [0.2, 0.25) is 0 Å². The maximum atomic E-state index is 13.5. The van der Waals surface area contributed by atoms with Gasteiger partial charge in [-0.2, -0.15) is 0 Å². The molecule has 2 atom stereocenters. The van der Waals surface area contributed by atoms with E-state index in [1.165, 1.54) is 6.07 Å². The highest BCUT2D eigenvalue weighted by Gasteiger charge is 2.26. The molecule has 1 aromatic carbocycles. The van der Waals surface area contributed by atoms with E-state index in [2.05, 4.69) is 30.7 Å². The molecule has 3 nitrogen and oxygen atoms in total. The predicted molar refractivity (Wildman–Crippen MR) is 71.2 cm³/mol. The molecule has 100 valence electrons. The van der Waals surface area contributed by atoms with Crippen LogP contribution in [-0.2, 0) is 6.61 Å². The molecule has 1 aliphatic rings. The summed E-state index contributed by atoms with van der Waals surface area (Å²) >= 11 is 0. The Morgan fingerprint density at radius 2 is 1.83 bits per heavy atom. The van der Waals surface area contributed by atoms with E-state index < -0.39 is 0 Å². The van der Waals surface area contributed by atoms with Gasteiger partial charge in [-0.1, -0.05) is 0 Å². The summed E-state index contributed by atoms with van der Waals surface area (Å²) in [6.07, 6.45) is 0. The summed E-state index contributed by atoms with van der Waals surface area (Å²) < 4.78 is 13.5. The zero-order chi connectivity index (χ0) is 13.3. The van der Waals surface area contributed by atoms with Crippen molar-refractivity contribution in [3.8, 4) is 0 Å². The summed E-state index contributed by atoms with van der Waals surface area (Å²) in [5, 5.41) is 9.14. The molecule has 2 rings (SSSR count). The van der Waals surface area contributed by atoms with E-state index >= 15 is 0 Å². The van der Waals surface area contributed by atoms with Crippen molar-refractivity contribution in [2.24, 2.45) is 0 Å². The highest BCUT2D eigenvalue weighted by Crippen LogP contribution is 2.23. The molecule has 1 aliphatic heterocycles. The van der Waals surface area contributed by atoms with Crippen LogP contribution >= 0.6 is 0 Å². The van der Waals surface area contributed by atoms with E-state index in [0.29, 0.717) is 17.6 Å². The van der Waals surface area contributed by atoms with E-state index in [1.54, 1.807) is 6.07 Å². The molecule has 2 unspecified atom stereocenters. The molecule has 0 saturated carbocycles. The normalized spacial score (nSPS) is 25.5. The molecule has 0 amide bonds. The molecule has 1 aromatic rings. The number of halogens is 1. The first-order chi connectivity index (χ1) is 8.51. The Morgan fingerprint density at radius 3 is 2.39 bits per heavy atom. The zero-order valence-electron chi connectivity index (χ0n) is 11.2.